The lowest BCUT2D eigenvalue weighted by molar-refractivity contribution is 0.159. The summed E-state index contributed by atoms with van der Waals surface area (Å²) in [4.78, 5) is 2.57. The fourth-order valence-corrected chi connectivity index (χ4v) is 3.43. The van der Waals surface area contributed by atoms with E-state index in [-0.39, 0.29) is 0 Å². The van der Waals surface area contributed by atoms with Crippen molar-refractivity contribution >= 4 is 0 Å². The van der Waals surface area contributed by atoms with Gasteiger partial charge in [-0.3, -0.25) is 4.90 Å². The van der Waals surface area contributed by atoms with Crippen molar-refractivity contribution in [2.24, 2.45) is 0 Å². The summed E-state index contributed by atoms with van der Waals surface area (Å²) in [5, 5.41) is 3.44. The zero-order chi connectivity index (χ0) is 17.4. The summed E-state index contributed by atoms with van der Waals surface area (Å²) < 4.78 is 16.6. The van der Waals surface area contributed by atoms with Gasteiger partial charge in [-0.25, -0.2) is 0 Å². The maximum Gasteiger partial charge on any atom is 0.164 e. The number of ether oxygens (including phenoxy) is 3. The van der Waals surface area contributed by atoms with Gasteiger partial charge in [0.05, 0.1) is 21.3 Å². The Morgan fingerprint density at radius 3 is 2.17 bits per heavy atom. The Kier molecular flexibility index (Phi) is 7.66. The molecule has 1 N–H and O–H groups in total. The molecule has 0 amide bonds. The van der Waals surface area contributed by atoms with E-state index in [0.29, 0.717) is 11.8 Å². The van der Waals surface area contributed by atoms with E-state index in [1.54, 1.807) is 21.3 Å². The largest absolute Gasteiger partial charge is 0.496 e. The van der Waals surface area contributed by atoms with Crippen LogP contribution in [0.1, 0.15) is 44.2 Å². The summed E-state index contributed by atoms with van der Waals surface area (Å²) in [6.07, 6.45) is 4.86. The smallest absolute Gasteiger partial charge is 0.164 e. The van der Waals surface area contributed by atoms with Crippen LogP contribution in [0.5, 0.6) is 17.2 Å². The summed E-state index contributed by atoms with van der Waals surface area (Å²) in [5.41, 5.74) is 1.20. The highest BCUT2D eigenvalue weighted by molar-refractivity contribution is 5.52. The van der Waals surface area contributed by atoms with Crippen LogP contribution in [0, 0.1) is 0 Å². The van der Waals surface area contributed by atoms with E-state index in [9.17, 15) is 0 Å². The van der Waals surface area contributed by atoms with Gasteiger partial charge in [0.15, 0.2) is 11.5 Å². The minimum Gasteiger partial charge on any atom is -0.496 e. The zero-order valence-electron chi connectivity index (χ0n) is 15.6. The van der Waals surface area contributed by atoms with Gasteiger partial charge in [-0.1, -0.05) is 26.2 Å². The average Bonchev–Trinajstić information content (AvgIpc) is 2.65. The molecule has 1 saturated heterocycles. The maximum absolute atomic E-state index is 5.69. The Hall–Kier alpha value is -1.46. The molecular weight excluding hydrogens is 304 g/mol. The molecule has 0 unspecified atom stereocenters. The molecule has 1 atom stereocenters. The normalized spacial score (nSPS) is 16.7. The van der Waals surface area contributed by atoms with Crippen LogP contribution in [0.4, 0.5) is 0 Å². The highest BCUT2D eigenvalue weighted by atomic mass is 16.5. The Labute approximate surface area is 146 Å². The molecule has 1 aliphatic rings. The van der Waals surface area contributed by atoms with Crippen LogP contribution in [0.3, 0.4) is 0 Å². The second-order valence-corrected chi connectivity index (χ2v) is 6.25. The zero-order valence-corrected chi connectivity index (χ0v) is 15.6. The summed E-state index contributed by atoms with van der Waals surface area (Å²) >= 11 is 0. The van der Waals surface area contributed by atoms with Crippen molar-refractivity contribution in [1.29, 1.82) is 0 Å². The Morgan fingerprint density at radius 2 is 1.58 bits per heavy atom. The van der Waals surface area contributed by atoms with Crippen LogP contribution in [-0.2, 0) is 0 Å². The minimum absolute atomic E-state index is 0.355. The predicted molar refractivity (Wildman–Crippen MR) is 97.4 cm³/mol. The van der Waals surface area contributed by atoms with E-state index in [2.05, 4.69) is 23.2 Å². The van der Waals surface area contributed by atoms with Crippen LogP contribution in [0.2, 0.25) is 0 Å². The first kappa shape index (κ1) is 18.9. The van der Waals surface area contributed by atoms with Gasteiger partial charge in [-0.2, -0.15) is 0 Å². The number of nitrogens with zero attached hydrogens (tertiary/aromatic N) is 1. The van der Waals surface area contributed by atoms with Gasteiger partial charge < -0.3 is 19.5 Å². The molecule has 0 bridgehead atoms. The number of hydrogen-bond acceptors (Lipinski definition) is 5. The average molecular weight is 336 g/mol. The first-order valence-electron chi connectivity index (χ1n) is 8.99. The molecule has 0 saturated carbocycles. The monoisotopic (exact) mass is 336 g/mol. The molecule has 1 aromatic carbocycles. The second kappa shape index (κ2) is 9.74. The molecule has 0 aliphatic carbocycles. The van der Waals surface area contributed by atoms with Crippen LogP contribution in [0.15, 0.2) is 12.1 Å². The van der Waals surface area contributed by atoms with Crippen molar-refractivity contribution in [3.8, 4) is 17.2 Å². The van der Waals surface area contributed by atoms with Gasteiger partial charge in [-0.15, -0.1) is 0 Å². The minimum atomic E-state index is 0.355. The lowest BCUT2D eigenvalue weighted by Gasteiger charge is -2.36. The number of nitrogens with one attached hydrogen (secondary N) is 1. The number of methoxy groups -OCH3 is 3. The van der Waals surface area contributed by atoms with E-state index in [1.807, 2.05) is 6.07 Å². The first-order chi connectivity index (χ1) is 11.7. The number of piperazine rings is 1. The van der Waals surface area contributed by atoms with Gasteiger partial charge in [0.1, 0.15) is 5.75 Å². The van der Waals surface area contributed by atoms with Gasteiger partial charge in [0.2, 0.25) is 0 Å². The Morgan fingerprint density at radius 1 is 0.958 bits per heavy atom. The number of benzene rings is 1. The van der Waals surface area contributed by atoms with Gasteiger partial charge >= 0.3 is 0 Å². The van der Waals surface area contributed by atoms with Crippen molar-refractivity contribution in [2.45, 2.75) is 38.6 Å². The highest BCUT2D eigenvalue weighted by Crippen LogP contribution is 2.41. The van der Waals surface area contributed by atoms with E-state index in [1.165, 1.54) is 24.8 Å². The van der Waals surface area contributed by atoms with Gasteiger partial charge in [0.25, 0.3) is 0 Å². The summed E-state index contributed by atoms with van der Waals surface area (Å²) in [6.45, 7) is 6.46. The SMILES string of the molecule is CCCCC[C@H](c1cc(OC)c(OC)cc1OC)N1CCNCC1. The van der Waals surface area contributed by atoms with Crippen LogP contribution >= 0.6 is 0 Å². The van der Waals surface area contributed by atoms with E-state index in [0.717, 1.165) is 44.1 Å². The molecule has 136 valence electrons. The molecule has 0 radical (unpaired) electrons. The summed E-state index contributed by atoms with van der Waals surface area (Å²) in [5.74, 6) is 2.36. The molecule has 1 aromatic rings. The van der Waals surface area contributed by atoms with Crippen molar-refractivity contribution in [1.82, 2.24) is 10.2 Å². The molecule has 5 heteroatoms. The molecule has 0 aromatic heterocycles. The molecule has 0 spiro atoms. The van der Waals surface area contributed by atoms with Crippen LogP contribution in [-0.4, -0.2) is 52.4 Å². The lowest BCUT2D eigenvalue weighted by Crippen LogP contribution is -2.45. The van der Waals surface area contributed by atoms with Crippen molar-refractivity contribution in [3.63, 3.8) is 0 Å². The highest BCUT2D eigenvalue weighted by Gasteiger charge is 2.26. The van der Waals surface area contributed by atoms with Crippen LogP contribution < -0.4 is 19.5 Å². The third-order valence-electron chi connectivity index (χ3n) is 4.77. The maximum atomic E-state index is 5.69. The molecule has 1 fully saturated rings. The van der Waals surface area contributed by atoms with Crippen molar-refractivity contribution < 1.29 is 14.2 Å². The van der Waals surface area contributed by atoms with Crippen LogP contribution in [0.25, 0.3) is 0 Å². The van der Waals surface area contributed by atoms with E-state index < -0.39 is 0 Å². The molecule has 1 heterocycles. The van der Waals surface area contributed by atoms with Gasteiger partial charge in [0, 0.05) is 43.9 Å². The standard InChI is InChI=1S/C19H32N2O3/c1-5-6-7-8-16(21-11-9-20-10-12-21)15-13-18(23-3)19(24-4)14-17(15)22-2/h13-14,16,20H,5-12H2,1-4H3/t16-/m1/s1. The molecule has 1 aliphatic heterocycles. The fourth-order valence-electron chi connectivity index (χ4n) is 3.43. The summed E-state index contributed by atoms with van der Waals surface area (Å²) in [6, 6.07) is 4.40. The molecule has 2 rings (SSSR count). The number of rotatable bonds is 9. The fraction of sp³-hybridized carbons (Fsp3) is 0.684. The first-order valence-corrected chi connectivity index (χ1v) is 8.99. The Balaban J connectivity index is 2.34. The van der Waals surface area contributed by atoms with E-state index in [4.69, 9.17) is 14.2 Å². The van der Waals surface area contributed by atoms with E-state index >= 15 is 0 Å². The summed E-state index contributed by atoms with van der Waals surface area (Å²) in [7, 11) is 5.07. The quantitative estimate of drug-likeness (QED) is 0.701. The second-order valence-electron chi connectivity index (χ2n) is 6.25. The topological polar surface area (TPSA) is 43.0 Å². The third kappa shape index (κ3) is 4.54. The number of hydrogen-bond donors (Lipinski definition) is 1. The van der Waals surface area contributed by atoms with Gasteiger partial charge in [-0.05, 0) is 12.5 Å². The third-order valence-corrected chi connectivity index (χ3v) is 4.77. The molecule has 5 nitrogen and oxygen atoms in total. The molecular formula is C19H32N2O3. The van der Waals surface area contributed by atoms with Crippen molar-refractivity contribution in [3.05, 3.63) is 17.7 Å². The van der Waals surface area contributed by atoms with Crippen molar-refractivity contribution in [2.75, 3.05) is 47.5 Å². The predicted octanol–water partition coefficient (Wildman–Crippen LogP) is 3.24. The molecule has 24 heavy (non-hydrogen) atoms. The number of unbranched alkanes of at least 4 members (excludes halogenated alkanes) is 2. The lowest BCUT2D eigenvalue weighted by atomic mass is 9.96. The Bertz CT molecular complexity index is 502.